The Bertz CT molecular complexity index is 402. The average Bonchev–Trinajstić information content (AvgIpc) is 2.38. The molecule has 1 heterocycles. The van der Waals surface area contributed by atoms with E-state index in [2.05, 4.69) is 13.8 Å². The van der Waals surface area contributed by atoms with Gasteiger partial charge in [0.2, 0.25) is 0 Å². The molecule has 0 amide bonds. The van der Waals surface area contributed by atoms with E-state index < -0.39 is 0 Å². The Hall–Kier alpha value is -1.02. The van der Waals surface area contributed by atoms with Gasteiger partial charge in [-0.1, -0.05) is 50.8 Å². The summed E-state index contributed by atoms with van der Waals surface area (Å²) in [6, 6.07) is 7.85. The predicted octanol–water partition coefficient (Wildman–Crippen LogP) is 4.62. The van der Waals surface area contributed by atoms with E-state index in [1.54, 1.807) is 0 Å². The third-order valence-electron chi connectivity index (χ3n) is 4.07. The van der Waals surface area contributed by atoms with E-state index in [9.17, 15) is 5.11 Å². The van der Waals surface area contributed by atoms with Crippen molar-refractivity contribution in [2.75, 3.05) is 0 Å². The van der Waals surface area contributed by atoms with E-state index >= 15 is 0 Å². The van der Waals surface area contributed by atoms with Gasteiger partial charge in [-0.25, -0.2) is 0 Å². The number of hydrogen-bond donors (Lipinski definition) is 1. The summed E-state index contributed by atoms with van der Waals surface area (Å²) >= 11 is 0. The smallest absolute Gasteiger partial charge is 0.125 e. The molecule has 2 atom stereocenters. The van der Waals surface area contributed by atoms with Gasteiger partial charge in [-0.05, 0) is 25.8 Å². The van der Waals surface area contributed by atoms with Crippen LogP contribution >= 0.6 is 0 Å². The summed E-state index contributed by atoms with van der Waals surface area (Å²) in [6.45, 7) is 4.37. The molecule has 0 aliphatic carbocycles. The van der Waals surface area contributed by atoms with Crippen LogP contribution in [0.2, 0.25) is 0 Å². The molecular weight excluding hydrogens is 236 g/mol. The number of rotatable bonds is 6. The van der Waals surface area contributed by atoms with Gasteiger partial charge in [0.25, 0.3) is 0 Å². The Balaban J connectivity index is 1.91. The quantitative estimate of drug-likeness (QED) is 0.758. The van der Waals surface area contributed by atoms with Crippen molar-refractivity contribution in [2.24, 2.45) is 0 Å². The Labute approximate surface area is 116 Å². The van der Waals surface area contributed by atoms with Crippen LogP contribution in [0.4, 0.5) is 0 Å². The van der Waals surface area contributed by atoms with Crippen LogP contribution in [0.25, 0.3) is 0 Å². The highest BCUT2D eigenvalue weighted by Gasteiger charge is 2.35. The van der Waals surface area contributed by atoms with Gasteiger partial charge in [-0.2, -0.15) is 0 Å². The highest BCUT2D eigenvalue weighted by atomic mass is 16.5. The lowest BCUT2D eigenvalue weighted by atomic mass is 9.86. The Morgan fingerprint density at radius 3 is 2.74 bits per heavy atom. The lowest BCUT2D eigenvalue weighted by molar-refractivity contribution is -0.00848. The maximum Gasteiger partial charge on any atom is 0.125 e. The number of benzene rings is 1. The summed E-state index contributed by atoms with van der Waals surface area (Å²) < 4.78 is 6.14. The second-order valence-electron chi connectivity index (χ2n) is 5.97. The number of aliphatic hydroxyl groups excluding tert-OH is 1. The number of fused-ring (bicyclic) bond motifs is 1. The largest absolute Gasteiger partial charge is 0.487 e. The molecule has 2 heteroatoms. The van der Waals surface area contributed by atoms with E-state index in [0.29, 0.717) is 6.42 Å². The van der Waals surface area contributed by atoms with Crippen LogP contribution in [0.1, 0.15) is 70.5 Å². The van der Waals surface area contributed by atoms with Crippen LogP contribution in [0.5, 0.6) is 5.75 Å². The molecule has 1 N–H and O–H groups in total. The molecular formula is C17H26O2. The molecule has 1 aliphatic rings. The topological polar surface area (TPSA) is 29.5 Å². The number of unbranched alkanes of at least 4 members (excludes halogenated alkanes) is 4. The van der Waals surface area contributed by atoms with E-state index in [-0.39, 0.29) is 11.7 Å². The van der Waals surface area contributed by atoms with Gasteiger partial charge in [-0.3, -0.25) is 0 Å². The maximum absolute atomic E-state index is 10.3. The van der Waals surface area contributed by atoms with Crippen LogP contribution in [-0.2, 0) is 0 Å². The van der Waals surface area contributed by atoms with E-state index in [0.717, 1.165) is 17.7 Å². The van der Waals surface area contributed by atoms with Gasteiger partial charge in [0, 0.05) is 12.0 Å². The SMILES string of the molecule is CCCCCCCC1(C)C[C@H](O)c2ccccc2O1. The summed E-state index contributed by atoms with van der Waals surface area (Å²) in [5, 5.41) is 10.3. The lowest BCUT2D eigenvalue weighted by Crippen LogP contribution is -2.38. The zero-order chi connectivity index (χ0) is 13.7. The molecule has 2 rings (SSSR count). The zero-order valence-corrected chi connectivity index (χ0v) is 12.2. The second-order valence-corrected chi connectivity index (χ2v) is 5.97. The summed E-state index contributed by atoms with van der Waals surface area (Å²) in [6.07, 6.45) is 7.72. The zero-order valence-electron chi connectivity index (χ0n) is 12.2. The van der Waals surface area contributed by atoms with Gasteiger partial charge in [0.1, 0.15) is 11.4 Å². The van der Waals surface area contributed by atoms with Gasteiger partial charge in [0.05, 0.1) is 6.10 Å². The molecule has 1 aromatic rings. The van der Waals surface area contributed by atoms with Crippen molar-refractivity contribution in [3.8, 4) is 5.75 Å². The normalized spacial score (nSPS) is 25.7. The molecule has 1 aromatic carbocycles. The molecule has 0 fully saturated rings. The fourth-order valence-electron chi connectivity index (χ4n) is 2.93. The first-order valence-corrected chi connectivity index (χ1v) is 7.60. The number of aliphatic hydroxyl groups is 1. The lowest BCUT2D eigenvalue weighted by Gasteiger charge is -2.38. The minimum Gasteiger partial charge on any atom is -0.487 e. The molecule has 1 aliphatic heterocycles. The molecule has 0 saturated heterocycles. The number of para-hydroxylation sites is 1. The summed E-state index contributed by atoms with van der Waals surface area (Å²) in [4.78, 5) is 0. The molecule has 0 aromatic heterocycles. The molecule has 0 spiro atoms. The van der Waals surface area contributed by atoms with E-state index in [1.807, 2.05) is 24.3 Å². The number of hydrogen-bond acceptors (Lipinski definition) is 2. The van der Waals surface area contributed by atoms with E-state index in [1.165, 1.54) is 32.1 Å². The summed E-state index contributed by atoms with van der Waals surface area (Å²) in [7, 11) is 0. The Kier molecular flexibility index (Phi) is 4.87. The van der Waals surface area contributed by atoms with Crippen LogP contribution in [0, 0.1) is 0 Å². The van der Waals surface area contributed by atoms with Gasteiger partial charge in [-0.15, -0.1) is 0 Å². The first kappa shape index (κ1) is 14.4. The fraction of sp³-hybridized carbons (Fsp3) is 0.647. The highest BCUT2D eigenvalue weighted by Crippen LogP contribution is 2.41. The Morgan fingerprint density at radius 2 is 1.95 bits per heavy atom. The van der Waals surface area contributed by atoms with Crippen LogP contribution in [-0.4, -0.2) is 10.7 Å². The van der Waals surface area contributed by atoms with Crippen LogP contribution in [0.15, 0.2) is 24.3 Å². The van der Waals surface area contributed by atoms with Crippen molar-refractivity contribution in [1.82, 2.24) is 0 Å². The van der Waals surface area contributed by atoms with Crippen molar-refractivity contribution < 1.29 is 9.84 Å². The van der Waals surface area contributed by atoms with Crippen molar-refractivity contribution in [3.05, 3.63) is 29.8 Å². The minimum absolute atomic E-state index is 0.208. The molecule has 2 nitrogen and oxygen atoms in total. The molecule has 0 saturated carbocycles. The Morgan fingerprint density at radius 1 is 1.21 bits per heavy atom. The van der Waals surface area contributed by atoms with Gasteiger partial charge < -0.3 is 9.84 Å². The summed E-state index contributed by atoms with van der Waals surface area (Å²) in [5.41, 5.74) is 0.728. The molecule has 0 bridgehead atoms. The van der Waals surface area contributed by atoms with Crippen LogP contribution in [0.3, 0.4) is 0 Å². The third kappa shape index (κ3) is 3.73. The summed E-state index contributed by atoms with van der Waals surface area (Å²) in [5.74, 6) is 0.859. The van der Waals surface area contributed by atoms with E-state index in [4.69, 9.17) is 4.74 Å². The first-order chi connectivity index (χ1) is 9.14. The monoisotopic (exact) mass is 262 g/mol. The highest BCUT2D eigenvalue weighted by molar-refractivity contribution is 5.37. The van der Waals surface area contributed by atoms with Gasteiger partial charge in [0.15, 0.2) is 0 Å². The second kappa shape index (κ2) is 6.42. The van der Waals surface area contributed by atoms with Crippen molar-refractivity contribution >= 4 is 0 Å². The molecule has 1 unspecified atom stereocenters. The standard InChI is InChI=1S/C17H26O2/c1-3-4-5-6-9-12-17(2)13-15(18)14-10-7-8-11-16(14)19-17/h7-8,10-11,15,18H,3-6,9,12-13H2,1-2H3/t15-,17?/m0/s1. The van der Waals surface area contributed by atoms with Gasteiger partial charge >= 0.3 is 0 Å². The average molecular weight is 262 g/mol. The van der Waals surface area contributed by atoms with Crippen LogP contribution < -0.4 is 4.74 Å². The minimum atomic E-state index is -0.384. The predicted molar refractivity (Wildman–Crippen MR) is 78.4 cm³/mol. The van der Waals surface area contributed by atoms with Crippen molar-refractivity contribution in [1.29, 1.82) is 0 Å². The fourth-order valence-corrected chi connectivity index (χ4v) is 2.93. The molecule has 19 heavy (non-hydrogen) atoms. The molecule has 106 valence electrons. The molecule has 0 radical (unpaired) electrons. The third-order valence-corrected chi connectivity index (χ3v) is 4.07. The first-order valence-electron chi connectivity index (χ1n) is 7.60. The van der Waals surface area contributed by atoms with Crippen molar-refractivity contribution in [2.45, 2.75) is 70.5 Å². The number of ether oxygens (including phenoxy) is 1. The van der Waals surface area contributed by atoms with Crippen molar-refractivity contribution in [3.63, 3.8) is 0 Å². The maximum atomic E-state index is 10.3.